The summed E-state index contributed by atoms with van der Waals surface area (Å²) in [5.74, 6) is 3.55. The molecule has 1 aromatic rings. The van der Waals surface area contributed by atoms with Crippen molar-refractivity contribution in [1.29, 1.82) is 0 Å². The Morgan fingerprint density at radius 2 is 2.17 bits per heavy atom. The lowest BCUT2D eigenvalue weighted by Gasteiger charge is -2.49. The number of rotatable bonds is 2. The molecule has 2 saturated heterocycles. The van der Waals surface area contributed by atoms with Crippen LogP contribution >= 0.6 is 23.1 Å². The summed E-state index contributed by atoms with van der Waals surface area (Å²) >= 11 is 4.11. The minimum atomic E-state index is 0.383. The first kappa shape index (κ1) is 13.0. The molecule has 3 rings (SSSR count). The van der Waals surface area contributed by atoms with Crippen LogP contribution < -0.4 is 0 Å². The summed E-state index contributed by atoms with van der Waals surface area (Å²) in [5.41, 5.74) is 0.383. The second-order valence-electron chi connectivity index (χ2n) is 5.81. The van der Waals surface area contributed by atoms with Gasteiger partial charge in [0.25, 0.3) is 0 Å². The molecule has 0 saturated carbocycles. The van der Waals surface area contributed by atoms with Crippen LogP contribution in [0.15, 0.2) is 17.5 Å². The Balaban J connectivity index is 1.89. The number of piperidine rings is 1. The molecule has 2 aliphatic rings. The van der Waals surface area contributed by atoms with E-state index in [1.54, 1.807) is 4.88 Å². The standard InChI is InChI=1S/C15H23NS2/c1-13-4-2-8-16(12-13)15(6-10-17-11-7-15)14-5-3-9-18-14/h3,5,9,13H,2,4,6-8,10-12H2,1H3/t13-/m1/s1. The molecule has 0 unspecified atom stereocenters. The van der Waals surface area contributed by atoms with E-state index in [1.165, 1.54) is 50.3 Å². The van der Waals surface area contributed by atoms with Crippen molar-refractivity contribution in [2.45, 2.75) is 38.1 Å². The van der Waals surface area contributed by atoms with E-state index in [9.17, 15) is 0 Å². The Kier molecular flexibility index (Phi) is 4.02. The van der Waals surface area contributed by atoms with Crippen LogP contribution in [0.25, 0.3) is 0 Å². The predicted octanol–water partition coefficient (Wildman–Crippen LogP) is 4.20. The minimum Gasteiger partial charge on any atom is -0.293 e. The Hall–Kier alpha value is 0.01000. The van der Waals surface area contributed by atoms with Gasteiger partial charge < -0.3 is 0 Å². The Labute approximate surface area is 119 Å². The number of nitrogens with zero attached hydrogens (tertiary/aromatic N) is 1. The Morgan fingerprint density at radius 1 is 1.33 bits per heavy atom. The maximum atomic E-state index is 2.83. The lowest BCUT2D eigenvalue weighted by Crippen LogP contribution is -2.51. The topological polar surface area (TPSA) is 3.24 Å². The molecule has 18 heavy (non-hydrogen) atoms. The highest BCUT2D eigenvalue weighted by molar-refractivity contribution is 7.99. The molecule has 1 nitrogen and oxygen atoms in total. The molecule has 1 aromatic heterocycles. The predicted molar refractivity (Wildman–Crippen MR) is 82.5 cm³/mol. The van der Waals surface area contributed by atoms with E-state index in [1.807, 2.05) is 11.3 Å². The summed E-state index contributed by atoms with van der Waals surface area (Å²) in [6, 6.07) is 4.61. The Morgan fingerprint density at radius 3 is 2.83 bits per heavy atom. The molecule has 0 N–H and O–H groups in total. The number of hydrogen-bond donors (Lipinski definition) is 0. The van der Waals surface area contributed by atoms with Crippen molar-refractivity contribution in [3.63, 3.8) is 0 Å². The molecule has 0 aliphatic carbocycles. The van der Waals surface area contributed by atoms with Gasteiger partial charge in [-0.25, -0.2) is 0 Å². The molecule has 3 heterocycles. The first-order chi connectivity index (χ1) is 8.81. The van der Waals surface area contributed by atoms with Crippen LogP contribution in [0.3, 0.4) is 0 Å². The second-order valence-corrected chi connectivity index (χ2v) is 7.99. The molecule has 1 atom stereocenters. The fraction of sp³-hybridized carbons (Fsp3) is 0.733. The maximum absolute atomic E-state index is 2.83. The van der Waals surface area contributed by atoms with Crippen LogP contribution in [0.5, 0.6) is 0 Å². The van der Waals surface area contributed by atoms with Gasteiger partial charge in [0.2, 0.25) is 0 Å². The smallest absolute Gasteiger partial charge is 0.0569 e. The second kappa shape index (κ2) is 5.56. The summed E-state index contributed by atoms with van der Waals surface area (Å²) in [6.07, 6.45) is 5.52. The van der Waals surface area contributed by atoms with Crippen LogP contribution in [0.1, 0.15) is 37.5 Å². The Bertz CT molecular complexity index is 368. The van der Waals surface area contributed by atoms with Gasteiger partial charge in [-0.05, 0) is 61.1 Å². The van der Waals surface area contributed by atoms with E-state index < -0.39 is 0 Å². The van der Waals surface area contributed by atoms with E-state index in [2.05, 4.69) is 41.1 Å². The highest BCUT2D eigenvalue weighted by atomic mass is 32.2. The van der Waals surface area contributed by atoms with Crippen molar-refractivity contribution in [3.8, 4) is 0 Å². The molecule has 2 aliphatic heterocycles. The molecule has 100 valence electrons. The van der Waals surface area contributed by atoms with Gasteiger partial charge >= 0.3 is 0 Å². The third-order valence-electron chi connectivity index (χ3n) is 4.56. The van der Waals surface area contributed by atoms with Gasteiger partial charge in [0, 0.05) is 11.4 Å². The molecule has 0 radical (unpaired) electrons. The van der Waals surface area contributed by atoms with Crippen molar-refractivity contribution >= 4 is 23.1 Å². The van der Waals surface area contributed by atoms with E-state index >= 15 is 0 Å². The van der Waals surface area contributed by atoms with Crippen molar-refractivity contribution in [2.75, 3.05) is 24.6 Å². The van der Waals surface area contributed by atoms with E-state index in [4.69, 9.17) is 0 Å². The lowest BCUT2D eigenvalue weighted by molar-refractivity contribution is 0.0382. The molecular weight excluding hydrogens is 258 g/mol. The van der Waals surface area contributed by atoms with Gasteiger partial charge in [-0.1, -0.05) is 13.0 Å². The summed E-state index contributed by atoms with van der Waals surface area (Å²) < 4.78 is 0. The maximum Gasteiger partial charge on any atom is 0.0569 e. The first-order valence-corrected chi connectivity index (χ1v) is 9.21. The van der Waals surface area contributed by atoms with E-state index in [0.29, 0.717) is 5.54 Å². The first-order valence-electron chi connectivity index (χ1n) is 7.18. The zero-order valence-corrected chi connectivity index (χ0v) is 12.9. The zero-order valence-electron chi connectivity index (χ0n) is 11.2. The van der Waals surface area contributed by atoms with Gasteiger partial charge in [0.15, 0.2) is 0 Å². The normalized spacial score (nSPS) is 29.3. The average molecular weight is 281 g/mol. The third-order valence-corrected chi connectivity index (χ3v) is 6.61. The lowest BCUT2D eigenvalue weighted by atomic mass is 9.85. The molecule has 0 aromatic carbocycles. The third kappa shape index (κ3) is 2.37. The number of thioether (sulfide) groups is 1. The number of thiophene rings is 1. The number of hydrogen-bond acceptors (Lipinski definition) is 3. The molecule has 0 amide bonds. The van der Waals surface area contributed by atoms with Crippen LogP contribution in [-0.2, 0) is 5.54 Å². The van der Waals surface area contributed by atoms with E-state index in [0.717, 1.165) is 5.92 Å². The molecular formula is C15H23NS2. The quantitative estimate of drug-likeness (QED) is 0.799. The molecule has 0 bridgehead atoms. The molecule has 0 spiro atoms. The van der Waals surface area contributed by atoms with Crippen LogP contribution in [0.2, 0.25) is 0 Å². The van der Waals surface area contributed by atoms with E-state index in [-0.39, 0.29) is 0 Å². The van der Waals surface area contributed by atoms with Crippen LogP contribution in [0, 0.1) is 5.92 Å². The fourth-order valence-corrected chi connectivity index (χ4v) is 5.73. The fourth-order valence-electron chi connectivity index (χ4n) is 3.55. The van der Waals surface area contributed by atoms with Gasteiger partial charge in [-0.2, -0.15) is 11.8 Å². The largest absolute Gasteiger partial charge is 0.293 e. The van der Waals surface area contributed by atoms with Crippen molar-refractivity contribution in [2.24, 2.45) is 5.92 Å². The van der Waals surface area contributed by atoms with Gasteiger partial charge in [-0.15, -0.1) is 11.3 Å². The molecule has 2 fully saturated rings. The minimum absolute atomic E-state index is 0.383. The highest BCUT2D eigenvalue weighted by Crippen LogP contribution is 2.44. The van der Waals surface area contributed by atoms with Crippen molar-refractivity contribution < 1.29 is 0 Å². The van der Waals surface area contributed by atoms with Gasteiger partial charge in [-0.3, -0.25) is 4.90 Å². The summed E-state index contributed by atoms with van der Waals surface area (Å²) in [5, 5.41) is 2.26. The number of likely N-dealkylation sites (tertiary alicyclic amines) is 1. The average Bonchev–Trinajstić information content (AvgIpc) is 2.94. The molecule has 3 heteroatoms. The summed E-state index contributed by atoms with van der Waals surface area (Å²) in [7, 11) is 0. The monoisotopic (exact) mass is 281 g/mol. The van der Waals surface area contributed by atoms with Gasteiger partial charge in [0.1, 0.15) is 0 Å². The van der Waals surface area contributed by atoms with Crippen LogP contribution in [0.4, 0.5) is 0 Å². The summed E-state index contributed by atoms with van der Waals surface area (Å²) in [6.45, 7) is 5.04. The SMILES string of the molecule is C[C@@H]1CCCN(C2(c3cccs3)CCSCC2)C1. The zero-order chi connectivity index (χ0) is 12.4. The summed E-state index contributed by atoms with van der Waals surface area (Å²) in [4.78, 5) is 4.45. The van der Waals surface area contributed by atoms with Gasteiger partial charge in [0.05, 0.1) is 5.54 Å². The van der Waals surface area contributed by atoms with Crippen molar-refractivity contribution in [1.82, 2.24) is 4.90 Å². The van der Waals surface area contributed by atoms with Crippen molar-refractivity contribution in [3.05, 3.63) is 22.4 Å². The highest BCUT2D eigenvalue weighted by Gasteiger charge is 2.41. The van der Waals surface area contributed by atoms with Crippen LogP contribution in [-0.4, -0.2) is 29.5 Å².